The second-order valence-electron chi connectivity index (χ2n) is 7.43. The molecule has 1 rings (SSSR count). The molecule has 118 valence electrons. The lowest BCUT2D eigenvalue weighted by molar-refractivity contribution is 0.570. The van der Waals surface area contributed by atoms with Gasteiger partial charge in [0.15, 0.2) is 0 Å². The first-order chi connectivity index (χ1) is 10.1. The molecule has 0 atom stereocenters. The topological polar surface area (TPSA) is 0 Å². The van der Waals surface area contributed by atoms with E-state index >= 15 is 0 Å². The molecule has 0 heterocycles. The Morgan fingerprint density at radius 1 is 0.727 bits per heavy atom. The average molecular weight is 518 g/mol. The predicted molar refractivity (Wildman–Crippen MR) is 115 cm³/mol. The molecule has 22 heavy (non-hydrogen) atoms. The number of hydrogen-bond acceptors (Lipinski definition) is 0. The minimum atomic E-state index is 0.0255. The van der Waals surface area contributed by atoms with E-state index in [2.05, 4.69) is 123 Å². The van der Waals surface area contributed by atoms with E-state index in [1.54, 1.807) is 0 Å². The zero-order chi connectivity index (χ0) is 17.0. The summed E-state index contributed by atoms with van der Waals surface area (Å²) in [5, 5.41) is 0. The van der Waals surface area contributed by atoms with E-state index in [1.165, 1.54) is 11.1 Å². The van der Waals surface area contributed by atoms with E-state index in [1.807, 2.05) is 0 Å². The van der Waals surface area contributed by atoms with E-state index in [4.69, 9.17) is 0 Å². The van der Waals surface area contributed by atoms with Crippen LogP contribution < -0.4 is 0 Å². The minimum Gasteiger partial charge on any atom is -0.0919 e. The van der Waals surface area contributed by atoms with Crippen molar-refractivity contribution < 1.29 is 0 Å². The van der Waals surface area contributed by atoms with Crippen LogP contribution in [0.4, 0.5) is 0 Å². The van der Waals surface area contributed by atoms with Crippen LogP contribution in [0.5, 0.6) is 0 Å². The molecule has 0 bridgehead atoms. The van der Waals surface area contributed by atoms with Gasteiger partial charge in [-0.1, -0.05) is 68.9 Å². The summed E-state index contributed by atoms with van der Waals surface area (Å²) >= 11 is 4.81. The van der Waals surface area contributed by atoms with Crippen LogP contribution in [0, 0.1) is 34.5 Å². The van der Waals surface area contributed by atoms with E-state index in [0.29, 0.717) is 0 Å². The minimum absolute atomic E-state index is 0.0255. The highest BCUT2D eigenvalue weighted by Crippen LogP contribution is 2.22. The maximum atomic E-state index is 3.37. The third-order valence-corrected chi connectivity index (χ3v) is 4.40. The van der Waals surface area contributed by atoms with Crippen molar-refractivity contribution in [2.75, 3.05) is 0 Å². The van der Waals surface area contributed by atoms with Gasteiger partial charge < -0.3 is 0 Å². The highest BCUT2D eigenvalue weighted by molar-refractivity contribution is 14.1. The standard InChI is InChI=1S/C20H24I2/c1-19(2,3)9-7-15-11-18(14-22)16(12-17(15)13-21)8-10-20(4,5)6/h11-12H,13-14H2,1-6H3. The molecule has 0 aromatic heterocycles. The first-order valence-electron chi connectivity index (χ1n) is 7.40. The van der Waals surface area contributed by atoms with Gasteiger partial charge in [0.1, 0.15) is 0 Å². The van der Waals surface area contributed by atoms with Gasteiger partial charge in [0.05, 0.1) is 0 Å². The summed E-state index contributed by atoms with van der Waals surface area (Å²) in [6.07, 6.45) is 0. The monoisotopic (exact) mass is 518 g/mol. The Labute approximate surface area is 163 Å². The molecule has 0 aliphatic rings. The van der Waals surface area contributed by atoms with Crippen molar-refractivity contribution in [3.63, 3.8) is 0 Å². The number of benzene rings is 1. The summed E-state index contributed by atoms with van der Waals surface area (Å²) in [5.41, 5.74) is 4.91. The number of alkyl halides is 2. The highest BCUT2D eigenvalue weighted by Gasteiger charge is 2.09. The summed E-state index contributed by atoms with van der Waals surface area (Å²) in [7, 11) is 0. The zero-order valence-corrected chi connectivity index (χ0v) is 18.6. The Hall–Kier alpha value is -0.200. The molecular formula is C20H24I2. The maximum Gasteiger partial charge on any atom is 0.0289 e. The van der Waals surface area contributed by atoms with Gasteiger partial charge in [-0.25, -0.2) is 0 Å². The summed E-state index contributed by atoms with van der Waals surface area (Å²) < 4.78 is 1.91. The largest absolute Gasteiger partial charge is 0.0919 e. The van der Waals surface area contributed by atoms with E-state index in [9.17, 15) is 0 Å². The highest BCUT2D eigenvalue weighted by atomic mass is 127. The lowest BCUT2D eigenvalue weighted by Crippen LogP contribution is -2.01. The Kier molecular flexibility index (Phi) is 7.27. The predicted octanol–water partition coefficient (Wildman–Crippen LogP) is 6.35. The van der Waals surface area contributed by atoms with Crippen LogP contribution in [0.3, 0.4) is 0 Å². The van der Waals surface area contributed by atoms with Crippen LogP contribution in [0.1, 0.15) is 63.8 Å². The Balaban J connectivity index is 3.40. The van der Waals surface area contributed by atoms with Crippen LogP contribution in [0.25, 0.3) is 0 Å². The summed E-state index contributed by atoms with van der Waals surface area (Å²) in [6, 6.07) is 4.46. The maximum absolute atomic E-state index is 3.37. The van der Waals surface area contributed by atoms with Gasteiger partial charge in [-0.15, -0.1) is 0 Å². The van der Waals surface area contributed by atoms with Crippen molar-refractivity contribution in [2.45, 2.75) is 50.4 Å². The lowest BCUT2D eigenvalue weighted by atomic mass is 9.94. The molecule has 0 saturated heterocycles. The summed E-state index contributed by atoms with van der Waals surface area (Å²) in [5.74, 6) is 13.4. The zero-order valence-electron chi connectivity index (χ0n) is 14.3. The van der Waals surface area contributed by atoms with Gasteiger partial charge >= 0.3 is 0 Å². The molecule has 0 spiro atoms. The molecule has 0 radical (unpaired) electrons. The van der Waals surface area contributed by atoms with Gasteiger partial charge in [-0.2, -0.15) is 0 Å². The van der Waals surface area contributed by atoms with Crippen LogP contribution in [0.2, 0.25) is 0 Å². The third-order valence-electron chi connectivity index (χ3n) is 2.76. The van der Waals surface area contributed by atoms with Crippen LogP contribution >= 0.6 is 45.2 Å². The smallest absolute Gasteiger partial charge is 0.0289 e. The molecule has 0 saturated carbocycles. The fourth-order valence-electron chi connectivity index (χ4n) is 1.65. The van der Waals surface area contributed by atoms with Crippen LogP contribution in [0.15, 0.2) is 12.1 Å². The van der Waals surface area contributed by atoms with Gasteiger partial charge in [-0.3, -0.25) is 0 Å². The van der Waals surface area contributed by atoms with Gasteiger partial charge in [0.25, 0.3) is 0 Å². The normalized spacial score (nSPS) is 11.3. The van der Waals surface area contributed by atoms with Crippen LogP contribution in [-0.4, -0.2) is 0 Å². The van der Waals surface area contributed by atoms with Crippen molar-refractivity contribution in [2.24, 2.45) is 10.8 Å². The lowest BCUT2D eigenvalue weighted by Gasteiger charge is -2.11. The molecule has 0 fully saturated rings. The van der Waals surface area contributed by atoms with Gasteiger partial charge in [0.2, 0.25) is 0 Å². The Morgan fingerprint density at radius 2 is 1.05 bits per heavy atom. The fourth-order valence-corrected chi connectivity index (χ4v) is 2.92. The molecule has 0 amide bonds. The van der Waals surface area contributed by atoms with Gasteiger partial charge in [0, 0.05) is 30.8 Å². The first-order valence-corrected chi connectivity index (χ1v) is 10.4. The molecule has 0 nitrogen and oxygen atoms in total. The molecule has 0 aliphatic heterocycles. The summed E-state index contributed by atoms with van der Waals surface area (Å²) in [6.45, 7) is 12.9. The number of rotatable bonds is 2. The van der Waals surface area contributed by atoms with Crippen molar-refractivity contribution in [1.29, 1.82) is 0 Å². The van der Waals surface area contributed by atoms with E-state index < -0.39 is 0 Å². The van der Waals surface area contributed by atoms with Crippen LogP contribution in [-0.2, 0) is 8.86 Å². The molecule has 1 aromatic rings. The van der Waals surface area contributed by atoms with Crippen molar-refractivity contribution in [3.8, 4) is 23.7 Å². The Bertz CT molecular complexity index is 588. The van der Waals surface area contributed by atoms with Crippen molar-refractivity contribution in [1.82, 2.24) is 0 Å². The van der Waals surface area contributed by atoms with E-state index in [-0.39, 0.29) is 10.8 Å². The Morgan fingerprint density at radius 3 is 1.27 bits per heavy atom. The van der Waals surface area contributed by atoms with Gasteiger partial charge in [-0.05, 0) is 64.8 Å². The number of hydrogen-bond donors (Lipinski definition) is 0. The molecule has 2 heteroatoms. The quantitative estimate of drug-likeness (QED) is 0.243. The molecule has 0 N–H and O–H groups in total. The van der Waals surface area contributed by atoms with Crippen molar-refractivity contribution in [3.05, 3.63) is 34.4 Å². The van der Waals surface area contributed by atoms with Crippen molar-refractivity contribution >= 4 is 45.2 Å². The second-order valence-corrected chi connectivity index (χ2v) is 8.96. The third kappa shape index (κ3) is 6.92. The average Bonchev–Trinajstić information content (AvgIpc) is 2.40. The molecule has 1 aromatic carbocycles. The SMILES string of the molecule is CC(C)(C)C#Cc1cc(CI)c(C#CC(C)(C)C)cc1CI. The molecular weight excluding hydrogens is 494 g/mol. The summed E-state index contributed by atoms with van der Waals surface area (Å²) in [4.78, 5) is 0. The number of halogens is 2. The first kappa shape index (κ1) is 19.8. The molecule has 0 unspecified atom stereocenters. The second kappa shape index (κ2) is 8.06. The fraction of sp³-hybridized carbons (Fsp3) is 0.500. The molecule has 0 aliphatic carbocycles. The van der Waals surface area contributed by atoms with E-state index in [0.717, 1.165) is 20.0 Å².